The predicted molar refractivity (Wildman–Crippen MR) is 112 cm³/mol. The van der Waals surface area contributed by atoms with Gasteiger partial charge in [-0.1, -0.05) is 29.5 Å². The lowest BCUT2D eigenvalue weighted by Crippen LogP contribution is -2.23. The van der Waals surface area contributed by atoms with Crippen LogP contribution in [0, 0.1) is 13.8 Å². The minimum Gasteiger partial charge on any atom is -0.486 e. The van der Waals surface area contributed by atoms with Gasteiger partial charge in [-0.25, -0.2) is 0 Å². The lowest BCUT2D eigenvalue weighted by molar-refractivity contribution is -0.115. The van der Waals surface area contributed by atoms with Crippen LogP contribution in [0.4, 0.5) is 5.69 Å². The van der Waals surface area contributed by atoms with Crippen LogP contribution in [0.2, 0.25) is 0 Å². The molecule has 1 aromatic heterocycles. The van der Waals surface area contributed by atoms with Crippen molar-refractivity contribution in [1.82, 2.24) is 14.8 Å². The largest absolute Gasteiger partial charge is 0.486 e. The van der Waals surface area contributed by atoms with Gasteiger partial charge in [-0.15, -0.1) is 10.2 Å². The first kappa shape index (κ1) is 19.3. The SMILES string of the molecule is Cc1ccc(-n2c(C)nnc2S[C@@H](C)C(=O)Nc2ccc3c(c2)OCCO3)cc1. The summed E-state index contributed by atoms with van der Waals surface area (Å²) in [7, 11) is 0. The molecule has 0 fully saturated rings. The van der Waals surface area contributed by atoms with E-state index in [1.807, 2.05) is 55.7 Å². The van der Waals surface area contributed by atoms with Gasteiger partial charge in [-0.05, 0) is 45.0 Å². The molecule has 0 aliphatic carbocycles. The second-order valence-electron chi connectivity index (χ2n) is 6.81. The number of nitrogens with one attached hydrogen (secondary N) is 1. The number of nitrogens with zero attached hydrogens (tertiary/aromatic N) is 3. The fourth-order valence-corrected chi connectivity index (χ4v) is 3.90. The van der Waals surface area contributed by atoms with Crippen molar-refractivity contribution in [2.75, 3.05) is 18.5 Å². The smallest absolute Gasteiger partial charge is 0.237 e. The Kier molecular flexibility index (Phi) is 5.44. The third-order valence-corrected chi connectivity index (χ3v) is 5.59. The molecule has 0 radical (unpaired) electrons. The standard InChI is InChI=1S/C21H22N4O3S/c1-13-4-7-17(8-5-13)25-15(3)23-24-21(25)29-14(2)20(26)22-16-6-9-18-19(12-16)28-11-10-27-18/h4-9,12,14H,10-11H2,1-3H3,(H,22,26)/t14-/m0/s1. The summed E-state index contributed by atoms with van der Waals surface area (Å²) in [6.45, 7) is 6.83. The molecule has 7 nitrogen and oxygen atoms in total. The molecule has 1 atom stereocenters. The van der Waals surface area contributed by atoms with E-state index in [-0.39, 0.29) is 11.2 Å². The van der Waals surface area contributed by atoms with Crippen LogP contribution in [0.15, 0.2) is 47.6 Å². The number of carbonyl (C=O) groups is 1. The molecule has 4 rings (SSSR count). The fraction of sp³-hybridized carbons (Fsp3) is 0.286. The summed E-state index contributed by atoms with van der Waals surface area (Å²) in [6.07, 6.45) is 0. The molecule has 0 saturated heterocycles. The number of carbonyl (C=O) groups excluding carboxylic acids is 1. The lowest BCUT2D eigenvalue weighted by Gasteiger charge is -2.19. The number of thioether (sulfide) groups is 1. The first-order valence-electron chi connectivity index (χ1n) is 9.37. The highest BCUT2D eigenvalue weighted by Gasteiger charge is 2.21. The summed E-state index contributed by atoms with van der Waals surface area (Å²) in [5, 5.41) is 11.7. The number of aryl methyl sites for hydroxylation is 2. The Morgan fingerprint density at radius 1 is 1.07 bits per heavy atom. The Bertz CT molecular complexity index is 1030. The summed E-state index contributed by atoms with van der Waals surface area (Å²) in [5.74, 6) is 1.99. The Hall–Kier alpha value is -3.00. The molecule has 0 unspecified atom stereocenters. The van der Waals surface area contributed by atoms with Gasteiger partial charge in [0.15, 0.2) is 16.7 Å². The molecule has 1 N–H and O–H groups in total. The first-order chi connectivity index (χ1) is 14.0. The summed E-state index contributed by atoms with van der Waals surface area (Å²) in [4.78, 5) is 12.7. The number of benzene rings is 2. The number of ether oxygens (including phenoxy) is 2. The second kappa shape index (κ2) is 8.16. The Labute approximate surface area is 173 Å². The van der Waals surface area contributed by atoms with E-state index in [4.69, 9.17) is 9.47 Å². The molecule has 29 heavy (non-hydrogen) atoms. The van der Waals surface area contributed by atoms with E-state index in [9.17, 15) is 4.79 Å². The average Bonchev–Trinajstić information content (AvgIpc) is 3.08. The third kappa shape index (κ3) is 4.22. The van der Waals surface area contributed by atoms with E-state index in [2.05, 4.69) is 15.5 Å². The fourth-order valence-electron chi connectivity index (χ4n) is 2.99. The summed E-state index contributed by atoms with van der Waals surface area (Å²) >= 11 is 1.37. The number of aromatic nitrogens is 3. The molecule has 1 amide bonds. The molecule has 3 aromatic rings. The van der Waals surface area contributed by atoms with E-state index >= 15 is 0 Å². The minimum atomic E-state index is -0.365. The highest BCUT2D eigenvalue weighted by molar-refractivity contribution is 8.00. The van der Waals surface area contributed by atoms with Gasteiger partial charge in [0.25, 0.3) is 0 Å². The van der Waals surface area contributed by atoms with Crippen molar-refractivity contribution in [3.63, 3.8) is 0 Å². The summed E-state index contributed by atoms with van der Waals surface area (Å²) in [5.41, 5.74) is 2.82. The van der Waals surface area contributed by atoms with Crippen molar-refractivity contribution in [1.29, 1.82) is 0 Å². The van der Waals surface area contributed by atoms with E-state index in [0.29, 0.717) is 35.6 Å². The first-order valence-corrected chi connectivity index (χ1v) is 10.3. The molecule has 1 aliphatic rings. The van der Waals surface area contributed by atoms with Crippen molar-refractivity contribution < 1.29 is 14.3 Å². The van der Waals surface area contributed by atoms with Gasteiger partial charge < -0.3 is 14.8 Å². The van der Waals surface area contributed by atoms with Gasteiger partial charge in [0.05, 0.1) is 5.25 Å². The lowest BCUT2D eigenvalue weighted by atomic mass is 10.2. The zero-order valence-electron chi connectivity index (χ0n) is 16.5. The molecule has 0 saturated carbocycles. The topological polar surface area (TPSA) is 78.3 Å². The van der Waals surface area contributed by atoms with Gasteiger partial charge in [-0.2, -0.15) is 0 Å². The highest BCUT2D eigenvalue weighted by Crippen LogP contribution is 2.33. The predicted octanol–water partition coefficient (Wildman–Crippen LogP) is 3.77. The van der Waals surface area contributed by atoms with Crippen LogP contribution in [0.25, 0.3) is 5.69 Å². The van der Waals surface area contributed by atoms with E-state index in [0.717, 1.165) is 11.5 Å². The maximum absolute atomic E-state index is 12.7. The third-order valence-electron chi connectivity index (χ3n) is 4.55. The second-order valence-corrected chi connectivity index (χ2v) is 8.12. The summed E-state index contributed by atoms with van der Waals surface area (Å²) < 4.78 is 13.0. The van der Waals surface area contributed by atoms with Crippen molar-refractivity contribution in [3.05, 3.63) is 53.9 Å². The molecule has 8 heteroatoms. The Morgan fingerprint density at radius 3 is 2.55 bits per heavy atom. The zero-order chi connectivity index (χ0) is 20.4. The van der Waals surface area contributed by atoms with Crippen LogP contribution in [0.1, 0.15) is 18.3 Å². The maximum atomic E-state index is 12.7. The molecule has 0 bridgehead atoms. The normalized spacial score (nSPS) is 13.8. The minimum absolute atomic E-state index is 0.122. The van der Waals surface area contributed by atoms with Gasteiger partial charge >= 0.3 is 0 Å². The van der Waals surface area contributed by atoms with Crippen LogP contribution in [0.3, 0.4) is 0 Å². The van der Waals surface area contributed by atoms with Crippen molar-refractivity contribution in [3.8, 4) is 17.2 Å². The summed E-state index contributed by atoms with van der Waals surface area (Å²) in [6, 6.07) is 13.5. The molecular formula is C21H22N4O3S. The monoisotopic (exact) mass is 410 g/mol. The number of anilines is 1. The van der Waals surface area contributed by atoms with Gasteiger partial charge in [-0.3, -0.25) is 9.36 Å². The van der Waals surface area contributed by atoms with Gasteiger partial charge in [0.1, 0.15) is 19.0 Å². The van der Waals surface area contributed by atoms with Crippen molar-refractivity contribution in [2.24, 2.45) is 0 Å². The van der Waals surface area contributed by atoms with Crippen LogP contribution < -0.4 is 14.8 Å². The van der Waals surface area contributed by atoms with Crippen LogP contribution in [-0.4, -0.2) is 39.1 Å². The maximum Gasteiger partial charge on any atom is 0.237 e. The number of hydrogen-bond donors (Lipinski definition) is 1. The molecule has 0 spiro atoms. The van der Waals surface area contributed by atoms with E-state index in [1.165, 1.54) is 17.3 Å². The highest BCUT2D eigenvalue weighted by atomic mass is 32.2. The molecule has 150 valence electrons. The van der Waals surface area contributed by atoms with E-state index in [1.54, 1.807) is 12.1 Å². The number of rotatable bonds is 5. The Balaban J connectivity index is 1.47. The van der Waals surface area contributed by atoms with E-state index < -0.39 is 0 Å². The van der Waals surface area contributed by atoms with Gasteiger partial charge in [0.2, 0.25) is 5.91 Å². The number of fused-ring (bicyclic) bond motifs is 1. The van der Waals surface area contributed by atoms with Crippen molar-refractivity contribution >= 4 is 23.4 Å². The average molecular weight is 410 g/mol. The van der Waals surface area contributed by atoms with Crippen LogP contribution >= 0.6 is 11.8 Å². The Morgan fingerprint density at radius 2 is 1.79 bits per heavy atom. The zero-order valence-corrected chi connectivity index (χ0v) is 17.3. The molecular weight excluding hydrogens is 388 g/mol. The quantitative estimate of drug-likeness (QED) is 0.645. The number of amides is 1. The van der Waals surface area contributed by atoms with Crippen LogP contribution in [-0.2, 0) is 4.79 Å². The molecule has 2 heterocycles. The molecule has 2 aromatic carbocycles. The van der Waals surface area contributed by atoms with Gasteiger partial charge in [0, 0.05) is 17.4 Å². The van der Waals surface area contributed by atoms with Crippen molar-refractivity contribution in [2.45, 2.75) is 31.2 Å². The van der Waals surface area contributed by atoms with Crippen LogP contribution in [0.5, 0.6) is 11.5 Å². The molecule has 1 aliphatic heterocycles. The number of hydrogen-bond acceptors (Lipinski definition) is 6.